The van der Waals surface area contributed by atoms with Crippen LogP contribution in [0.1, 0.15) is 6.92 Å². The third kappa shape index (κ3) is 4.08. The van der Waals surface area contributed by atoms with Gasteiger partial charge in [-0.3, -0.25) is 0 Å². The third-order valence-electron chi connectivity index (χ3n) is 0.254. The molecular weight excluding hydrogens is 94.9 g/mol. The van der Waals surface area contributed by atoms with Crippen molar-refractivity contribution in [2.24, 2.45) is 0 Å². The molecule has 0 aromatic carbocycles. The molecule has 0 aromatic heterocycles. The Balaban J connectivity index is 2.49. The minimum atomic E-state index is 0.978. The van der Waals surface area contributed by atoms with Crippen molar-refractivity contribution in [2.75, 3.05) is 5.75 Å². The van der Waals surface area contributed by atoms with E-state index in [1.54, 1.807) is 0 Å². The second kappa shape index (κ2) is 5.08. The van der Waals surface area contributed by atoms with Gasteiger partial charge in [-0.25, -0.2) is 0 Å². The van der Waals surface area contributed by atoms with Gasteiger partial charge in [-0.2, -0.15) is 0 Å². The van der Waals surface area contributed by atoms with Gasteiger partial charge in [0.15, 0.2) is 0 Å². The van der Waals surface area contributed by atoms with Gasteiger partial charge in [0.2, 0.25) is 0 Å². The maximum absolute atomic E-state index is 4.66. The molecule has 0 saturated carbocycles. The van der Waals surface area contributed by atoms with Gasteiger partial charge in [0, 0.05) is 0 Å². The van der Waals surface area contributed by atoms with Crippen LogP contribution in [0.4, 0.5) is 0 Å². The van der Waals surface area contributed by atoms with Gasteiger partial charge in [-0.05, 0) is 0 Å². The monoisotopic (exact) mass is 102 g/mol. The molecule has 6 heavy (non-hydrogen) atoms. The number of hydrogen-bond acceptors (Lipinski definition) is 2. The molecule has 0 amide bonds. The van der Waals surface area contributed by atoms with E-state index in [2.05, 4.69) is 10.6 Å². The molecule has 0 N–H and O–H groups in total. The Hall–Kier alpha value is 0.0849. The molecule has 0 aliphatic carbocycles. The van der Waals surface area contributed by atoms with E-state index in [1.165, 1.54) is 19.2 Å². The van der Waals surface area contributed by atoms with E-state index in [1.807, 2.05) is 6.92 Å². The average molecular weight is 102 g/mol. The fraction of sp³-hybridized carbons (Fsp3) is 0.667. The zero-order valence-electron chi connectivity index (χ0n) is 3.81. The van der Waals surface area contributed by atoms with Crippen LogP contribution in [-0.4, -0.2) is 19.3 Å². The van der Waals surface area contributed by atoms with Crippen molar-refractivity contribution < 1.29 is 4.10 Å². The average Bonchev–Trinajstić information content (AvgIpc) is 1.61. The Bertz CT molecular complexity index is 39.8. The third-order valence-corrected chi connectivity index (χ3v) is 0.762. The molecule has 0 spiro atoms. The van der Waals surface area contributed by atoms with E-state index in [4.69, 9.17) is 0 Å². The first-order chi connectivity index (χ1) is 2.91. The molecule has 0 aromatic rings. The molecule has 0 rings (SSSR count). The zero-order chi connectivity index (χ0) is 4.83. The fourth-order valence-corrected chi connectivity index (χ4v) is 0.348. The van der Waals surface area contributed by atoms with Gasteiger partial charge in [-0.15, -0.1) is 0 Å². The number of rotatable bonds is 3. The first-order valence-corrected chi connectivity index (χ1v) is 2.72. The van der Waals surface area contributed by atoms with E-state index >= 15 is 0 Å². The molecule has 0 fully saturated rings. The van der Waals surface area contributed by atoms with Crippen LogP contribution in [-0.2, 0) is 4.10 Å². The summed E-state index contributed by atoms with van der Waals surface area (Å²) in [6.45, 7) is 5.38. The molecule has 0 aliphatic heterocycles. The van der Waals surface area contributed by atoms with E-state index in [0.29, 0.717) is 0 Å². The molecule has 0 unspecified atom stereocenters. The zero-order valence-corrected chi connectivity index (χ0v) is 4.62. The summed E-state index contributed by atoms with van der Waals surface area (Å²) in [5.41, 5.74) is 0. The van der Waals surface area contributed by atoms with Crippen LogP contribution >= 0.6 is 12.0 Å². The van der Waals surface area contributed by atoms with Crippen LogP contribution in [0.15, 0.2) is 0 Å². The van der Waals surface area contributed by atoms with Gasteiger partial charge in [0.05, 0.1) is 0 Å². The molecule has 0 atom stereocenters. The molecule has 1 nitrogen and oxygen atoms in total. The van der Waals surface area contributed by atoms with Crippen molar-refractivity contribution in [2.45, 2.75) is 6.92 Å². The van der Waals surface area contributed by atoms with Crippen molar-refractivity contribution in [3.8, 4) is 0 Å². The summed E-state index contributed by atoms with van der Waals surface area (Å²) < 4.78 is 4.66. The Kier molecular flexibility index (Phi) is 5.16. The van der Waals surface area contributed by atoms with Crippen LogP contribution in [0.25, 0.3) is 0 Å². The van der Waals surface area contributed by atoms with Gasteiger partial charge < -0.3 is 0 Å². The van der Waals surface area contributed by atoms with Crippen LogP contribution in [0.5, 0.6) is 0 Å². The SMILES string of the molecule is C=BOSCC. The second-order valence-corrected chi connectivity index (χ2v) is 1.67. The van der Waals surface area contributed by atoms with Crippen LogP contribution in [0.3, 0.4) is 0 Å². The van der Waals surface area contributed by atoms with Crippen molar-refractivity contribution in [3.05, 3.63) is 0 Å². The predicted molar refractivity (Wildman–Crippen MR) is 32.1 cm³/mol. The summed E-state index contributed by atoms with van der Waals surface area (Å²) in [5, 5.41) is 0. The Labute approximate surface area is 43.2 Å². The summed E-state index contributed by atoms with van der Waals surface area (Å²) in [4.78, 5) is 0. The van der Waals surface area contributed by atoms with E-state index in [9.17, 15) is 0 Å². The van der Waals surface area contributed by atoms with Crippen LogP contribution < -0.4 is 0 Å². The minimum absolute atomic E-state index is 0.978. The summed E-state index contributed by atoms with van der Waals surface area (Å²) in [7, 11) is 1.42. The topological polar surface area (TPSA) is 9.23 Å². The van der Waals surface area contributed by atoms with Crippen molar-refractivity contribution in [3.63, 3.8) is 0 Å². The van der Waals surface area contributed by atoms with Crippen molar-refractivity contribution in [1.29, 1.82) is 0 Å². The molecule has 0 aliphatic rings. The quantitative estimate of drug-likeness (QED) is 0.295. The van der Waals surface area contributed by atoms with Crippen molar-refractivity contribution >= 4 is 25.6 Å². The molecule has 34 valence electrons. The predicted octanol–water partition coefficient (Wildman–Crippen LogP) is 0.722. The Morgan fingerprint density at radius 3 is 2.83 bits per heavy atom. The normalized spacial score (nSPS) is 6.83. The Morgan fingerprint density at radius 2 is 2.67 bits per heavy atom. The van der Waals surface area contributed by atoms with E-state index < -0.39 is 0 Å². The van der Waals surface area contributed by atoms with Gasteiger partial charge >= 0.3 is 42.4 Å². The van der Waals surface area contributed by atoms with Crippen LogP contribution in [0.2, 0.25) is 0 Å². The van der Waals surface area contributed by atoms with Gasteiger partial charge in [0.25, 0.3) is 0 Å². The van der Waals surface area contributed by atoms with Crippen LogP contribution in [0, 0.1) is 0 Å². The second-order valence-electron chi connectivity index (χ2n) is 0.669. The molecule has 0 radical (unpaired) electrons. The van der Waals surface area contributed by atoms with Crippen molar-refractivity contribution in [1.82, 2.24) is 0 Å². The summed E-state index contributed by atoms with van der Waals surface area (Å²) in [6.07, 6.45) is 0. The number of hydrogen-bond donors (Lipinski definition) is 0. The van der Waals surface area contributed by atoms with E-state index in [0.717, 1.165) is 5.75 Å². The van der Waals surface area contributed by atoms with E-state index in [-0.39, 0.29) is 0 Å². The standard InChI is InChI=1S/C3H7BOS/c1-3-6-5-4-2/h2-3H2,1H3. The van der Waals surface area contributed by atoms with Gasteiger partial charge in [0.1, 0.15) is 0 Å². The summed E-state index contributed by atoms with van der Waals surface area (Å²) in [5.74, 6) is 0.978. The first-order valence-electron chi connectivity index (χ1n) is 1.81. The summed E-state index contributed by atoms with van der Waals surface area (Å²) in [6, 6.07) is 0. The molecule has 0 saturated heterocycles. The molecule has 0 bridgehead atoms. The summed E-state index contributed by atoms with van der Waals surface area (Å²) >= 11 is 1.39. The van der Waals surface area contributed by atoms with Gasteiger partial charge in [-0.1, -0.05) is 0 Å². The Morgan fingerprint density at radius 1 is 2.00 bits per heavy atom. The maximum atomic E-state index is 4.66. The first kappa shape index (κ1) is 6.08. The molecular formula is C3H7BOS. The molecule has 0 heterocycles. The fourth-order valence-electron chi connectivity index (χ4n) is 0.116. The molecule has 3 heteroatoms.